The highest BCUT2D eigenvalue weighted by atomic mass is 35.5. The lowest BCUT2D eigenvalue weighted by Gasteiger charge is -2.04. The maximum absolute atomic E-state index is 6.26. The molecule has 0 spiro atoms. The van der Waals surface area contributed by atoms with Gasteiger partial charge in [-0.25, -0.2) is 5.10 Å². The summed E-state index contributed by atoms with van der Waals surface area (Å²) >= 11 is 17.5. The van der Waals surface area contributed by atoms with E-state index in [1.807, 2.05) is 12.1 Å². The molecule has 0 bridgehead atoms. The fraction of sp³-hybridized carbons (Fsp3) is 0.118. The number of nitrogens with zero attached hydrogens (tertiary/aromatic N) is 3. The van der Waals surface area contributed by atoms with Crippen LogP contribution in [0.25, 0.3) is 11.4 Å². The molecule has 0 radical (unpaired) electrons. The molecule has 0 atom stereocenters. The molecule has 1 heterocycles. The predicted octanol–water partition coefficient (Wildman–Crippen LogP) is 5.36. The molecule has 3 rings (SSSR count). The molecule has 3 aromatic rings. The zero-order chi connectivity index (χ0) is 17.1. The van der Waals surface area contributed by atoms with Crippen LogP contribution in [0.2, 0.25) is 10.0 Å². The second kappa shape index (κ2) is 7.30. The van der Waals surface area contributed by atoms with Crippen molar-refractivity contribution < 1.29 is 0 Å². The summed E-state index contributed by atoms with van der Waals surface area (Å²) in [5.74, 6) is 0.531. The van der Waals surface area contributed by atoms with Gasteiger partial charge in [-0.3, -0.25) is 0 Å². The molecule has 2 aromatic carbocycles. The van der Waals surface area contributed by atoms with Crippen LogP contribution >= 0.6 is 35.4 Å². The number of halogens is 2. The highest BCUT2D eigenvalue weighted by molar-refractivity contribution is 7.71. The van der Waals surface area contributed by atoms with E-state index in [9.17, 15) is 0 Å². The Hall–Kier alpha value is -1.95. The van der Waals surface area contributed by atoms with Crippen LogP contribution in [0.3, 0.4) is 0 Å². The van der Waals surface area contributed by atoms with Gasteiger partial charge >= 0.3 is 0 Å². The third kappa shape index (κ3) is 3.59. The molecule has 0 amide bonds. The number of rotatable bonds is 4. The van der Waals surface area contributed by atoms with Crippen molar-refractivity contribution in [3.8, 4) is 11.4 Å². The van der Waals surface area contributed by atoms with Crippen molar-refractivity contribution in [2.45, 2.75) is 13.3 Å². The first-order valence-electron chi connectivity index (χ1n) is 7.34. The van der Waals surface area contributed by atoms with E-state index in [4.69, 9.17) is 35.4 Å². The van der Waals surface area contributed by atoms with Crippen molar-refractivity contribution in [1.82, 2.24) is 14.9 Å². The fourth-order valence-electron chi connectivity index (χ4n) is 2.21. The van der Waals surface area contributed by atoms with Crippen molar-refractivity contribution in [3.63, 3.8) is 0 Å². The Morgan fingerprint density at radius 1 is 1.21 bits per heavy atom. The molecule has 0 aliphatic carbocycles. The van der Waals surface area contributed by atoms with Gasteiger partial charge in [0.15, 0.2) is 5.82 Å². The van der Waals surface area contributed by atoms with E-state index < -0.39 is 0 Å². The van der Waals surface area contributed by atoms with Crippen LogP contribution in [0.5, 0.6) is 0 Å². The lowest BCUT2D eigenvalue weighted by atomic mass is 10.1. The number of hydrogen-bond acceptors (Lipinski definition) is 3. The number of benzene rings is 2. The number of H-pyrrole nitrogens is 1. The predicted molar refractivity (Wildman–Crippen MR) is 102 cm³/mol. The first-order valence-corrected chi connectivity index (χ1v) is 8.51. The van der Waals surface area contributed by atoms with Crippen molar-refractivity contribution in [2.24, 2.45) is 5.10 Å². The summed E-state index contributed by atoms with van der Waals surface area (Å²) in [6.07, 6.45) is 2.74. The highest BCUT2D eigenvalue weighted by Crippen LogP contribution is 2.29. The number of hydrogen-bond donors (Lipinski definition) is 1. The quantitative estimate of drug-likeness (QED) is 0.492. The van der Waals surface area contributed by atoms with Gasteiger partial charge in [-0.1, -0.05) is 54.4 Å². The molecule has 122 valence electrons. The normalized spacial score (nSPS) is 11.3. The summed E-state index contributed by atoms with van der Waals surface area (Å²) < 4.78 is 1.93. The van der Waals surface area contributed by atoms with Crippen LogP contribution < -0.4 is 0 Å². The lowest BCUT2D eigenvalue weighted by molar-refractivity contribution is 0.871. The SMILES string of the molecule is CCc1ccc(C=Nn2c(-c3ccc(Cl)cc3Cl)n[nH]c2=S)cc1. The Kier molecular flexibility index (Phi) is 5.14. The third-order valence-corrected chi connectivity index (χ3v) is 4.34. The van der Waals surface area contributed by atoms with E-state index in [-0.39, 0.29) is 0 Å². The molecule has 24 heavy (non-hydrogen) atoms. The summed E-state index contributed by atoms with van der Waals surface area (Å²) in [5.41, 5.74) is 2.95. The highest BCUT2D eigenvalue weighted by Gasteiger charge is 2.12. The van der Waals surface area contributed by atoms with Gasteiger partial charge in [0.25, 0.3) is 0 Å². The van der Waals surface area contributed by atoms with E-state index in [0.29, 0.717) is 26.2 Å². The smallest absolute Gasteiger partial charge is 0.216 e. The van der Waals surface area contributed by atoms with Crippen LogP contribution in [0.4, 0.5) is 0 Å². The molecule has 1 N–H and O–H groups in total. The second-order valence-electron chi connectivity index (χ2n) is 5.13. The Morgan fingerprint density at radius 3 is 2.62 bits per heavy atom. The minimum absolute atomic E-state index is 0.387. The summed E-state index contributed by atoms with van der Waals surface area (Å²) in [6, 6.07) is 13.4. The van der Waals surface area contributed by atoms with E-state index in [0.717, 1.165) is 12.0 Å². The zero-order valence-electron chi connectivity index (χ0n) is 12.8. The lowest BCUT2D eigenvalue weighted by Crippen LogP contribution is -1.96. The van der Waals surface area contributed by atoms with Crippen molar-refractivity contribution in [2.75, 3.05) is 0 Å². The number of aromatic nitrogens is 3. The largest absolute Gasteiger partial charge is 0.250 e. The molecule has 0 unspecified atom stereocenters. The van der Waals surface area contributed by atoms with Crippen LogP contribution in [0.1, 0.15) is 18.1 Å². The van der Waals surface area contributed by atoms with Crippen LogP contribution in [-0.2, 0) is 6.42 Å². The molecular formula is C17H14Cl2N4S. The molecule has 0 saturated carbocycles. The van der Waals surface area contributed by atoms with Gasteiger partial charge in [0.05, 0.1) is 11.2 Å². The van der Waals surface area contributed by atoms with Crippen LogP contribution in [0.15, 0.2) is 47.6 Å². The van der Waals surface area contributed by atoms with Gasteiger partial charge in [-0.05, 0) is 48.0 Å². The Balaban J connectivity index is 1.98. The molecule has 0 aliphatic heterocycles. The van der Waals surface area contributed by atoms with E-state index >= 15 is 0 Å². The summed E-state index contributed by atoms with van der Waals surface area (Å²) in [6.45, 7) is 2.12. The molecular weight excluding hydrogens is 363 g/mol. The van der Waals surface area contributed by atoms with Gasteiger partial charge in [0.2, 0.25) is 4.77 Å². The summed E-state index contributed by atoms with van der Waals surface area (Å²) in [5, 5.41) is 12.4. The van der Waals surface area contributed by atoms with Crippen molar-refractivity contribution >= 4 is 41.6 Å². The maximum atomic E-state index is 6.26. The molecule has 0 aliphatic rings. The minimum atomic E-state index is 0.387. The average Bonchev–Trinajstić information content (AvgIpc) is 2.94. The molecule has 4 nitrogen and oxygen atoms in total. The van der Waals surface area contributed by atoms with E-state index in [1.54, 1.807) is 24.4 Å². The minimum Gasteiger partial charge on any atom is -0.250 e. The fourth-order valence-corrected chi connectivity index (χ4v) is 2.88. The zero-order valence-corrected chi connectivity index (χ0v) is 15.2. The van der Waals surface area contributed by atoms with Gasteiger partial charge in [0.1, 0.15) is 0 Å². The standard InChI is InChI=1S/C17H14Cl2N4S/c1-2-11-3-5-12(6-4-11)10-20-23-16(21-22-17(23)24)14-8-7-13(18)9-15(14)19/h3-10H,2H2,1H3,(H,22,24). The Morgan fingerprint density at radius 2 is 1.96 bits per heavy atom. The van der Waals surface area contributed by atoms with Gasteiger partial charge < -0.3 is 0 Å². The number of aromatic amines is 1. The molecule has 7 heteroatoms. The molecule has 0 saturated heterocycles. The van der Waals surface area contributed by atoms with Crippen molar-refractivity contribution in [1.29, 1.82) is 0 Å². The monoisotopic (exact) mass is 376 g/mol. The van der Waals surface area contributed by atoms with Gasteiger partial charge in [-0.15, -0.1) is 0 Å². The van der Waals surface area contributed by atoms with Crippen molar-refractivity contribution in [3.05, 3.63) is 68.4 Å². The Bertz CT molecular complexity index is 942. The second-order valence-corrected chi connectivity index (χ2v) is 6.36. The maximum Gasteiger partial charge on any atom is 0.216 e. The van der Waals surface area contributed by atoms with Crippen LogP contribution in [-0.4, -0.2) is 21.1 Å². The summed E-state index contributed by atoms with van der Waals surface area (Å²) in [4.78, 5) is 0. The summed E-state index contributed by atoms with van der Waals surface area (Å²) in [7, 11) is 0. The topological polar surface area (TPSA) is 46.0 Å². The average molecular weight is 377 g/mol. The number of aryl methyl sites for hydroxylation is 1. The van der Waals surface area contributed by atoms with E-state index in [2.05, 4.69) is 34.4 Å². The number of nitrogens with one attached hydrogen (secondary N) is 1. The first-order chi connectivity index (χ1) is 11.6. The van der Waals surface area contributed by atoms with Crippen LogP contribution in [0, 0.1) is 4.77 Å². The van der Waals surface area contributed by atoms with Gasteiger partial charge in [0, 0.05) is 10.6 Å². The van der Waals surface area contributed by atoms with E-state index in [1.165, 1.54) is 10.2 Å². The molecule has 1 aromatic heterocycles. The Labute approximate surface area is 154 Å². The molecule has 0 fully saturated rings. The first kappa shape index (κ1) is 16.9. The van der Waals surface area contributed by atoms with Gasteiger partial charge in [-0.2, -0.15) is 14.9 Å². The third-order valence-electron chi connectivity index (χ3n) is 3.53.